The molecule has 4 heteroatoms. The van der Waals surface area contributed by atoms with Crippen LogP contribution in [0.25, 0.3) is 11.1 Å². The highest BCUT2D eigenvalue weighted by molar-refractivity contribution is 5.92. The molecule has 0 saturated heterocycles. The van der Waals surface area contributed by atoms with Crippen molar-refractivity contribution in [3.63, 3.8) is 0 Å². The zero-order valence-electron chi connectivity index (χ0n) is 6.87. The summed E-state index contributed by atoms with van der Waals surface area (Å²) in [5, 5.41) is 0. The van der Waals surface area contributed by atoms with Gasteiger partial charge in [0, 0.05) is 6.92 Å². The molecule has 0 atom stereocenters. The molecule has 0 spiro atoms. The van der Waals surface area contributed by atoms with E-state index in [9.17, 15) is 9.18 Å². The maximum atomic E-state index is 13.0. The molecule has 0 amide bonds. The second-order valence-electron chi connectivity index (χ2n) is 2.66. The van der Waals surface area contributed by atoms with Crippen molar-refractivity contribution in [3.8, 4) is 0 Å². The first-order chi connectivity index (χ1) is 6.18. The minimum Gasteiger partial charge on any atom is -0.431 e. The van der Waals surface area contributed by atoms with Gasteiger partial charge in [0.25, 0.3) is 5.89 Å². The van der Waals surface area contributed by atoms with Crippen molar-refractivity contribution < 1.29 is 13.6 Å². The van der Waals surface area contributed by atoms with Gasteiger partial charge in [0.05, 0.1) is 0 Å². The summed E-state index contributed by atoms with van der Waals surface area (Å²) in [6.07, 6.45) is 0. The lowest BCUT2D eigenvalue weighted by atomic mass is 10.3. The number of fused-ring (bicyclic) bond motifs is 1. The van der Waals surface area contributed by atoms with E-state index in [-0.39, 0.29) is 17.3 Å². The number of hydrogen-bond acceptors (Lipinski definition) is 3. The molecule has 0 aliphatic rings. The fourth-order valence-electron chi connectivity index (χ4n) is 1.07. The molecular weight excluding hydrogens is 173 g/mol. The van der Waals surface area contributed by atoms with Crippen molar-refractivity contribution in [2.24, 2.45) is 0 Å². The van der Waals surface area contributed by atoms with E-state index in [1.165, 1.54) is 19.1 Å². The molecule has 0 N–H and O–H groups in total. The van der Waals surface area contributed by atoms with Crippen LogP contribution in [-0.2, 0) is 0 Å². The fourth-order valence-corrected chi connectivity index (χ4v) is 1.07. The SMILES string of the molecule is CC(=O)c1nc2cccc(F)c2o1. The van der Waals surface area contributed by atoms with Gasteiger partial charge in [-0.2, -0.15) is 0 Å². The van der Waals surface area contributed by atoms with E-state index in [4.69, 9.17) is 4.42 Å². The normalized spacial score (nSPS) is 10.6. The molecule has 13 heavy (non-hydrogen) atoms. The Labute approximate surface area is 73.2 Å². The second-order valence-corrected chi connectivity index (χ2v) is 2.66. The van der Waals surface area contributed by atoms with Crippen LogP contribution in [0.3, 0.4) is 0 Å². The van der Waals surface area contributed by atoms with Gasteiger partial charge in [-0.1, -0.05) is 6.07 Å². The van der Waals surface area contributed by atoms with Crippen LogP contribution in [0.5, 0.6) is 0 Å². The van der Waals surface area contributed by atoms with Crippen molar-refractivity contribution in [1.29, 1.82) is 0 Å². The van der Waals surface area contributed by atoms with E-state index >= 15 is 0 Å². The lowest BCUT2D eigenvalue weighted by Gasteiger charge is -1.85. The van der Waals surface area contributed by atoms with Crippen LogP contribution >= 0.6 is 0 Å². The van der Waals surface area contributed by atoms with Crippen LogP contribution in [0.1, 0.15) is 17.6 Å². The van der Waals surface area contributed by atoms with Crippen LogP contribution in [0.4, 0.5) is 4.39 Å². The number of carbonyl (C=O) groups is 1. The van der Waals surface area contributed by atoms with Gasteiger partial charge in [-0.3, -0.25) is 4.79 Å². The summed E-state index contributed by atoms with van der Waals surface area (Å²) in [4.78, 5) is 14.7. The largest absolute Gasteiger partial charge is 0.431 e. The quantitative estimate of drug-likeness (QED) is 0.630. The van der Waals surface area contributed by atoms with Gasteiger partial charge in [-0.15, -0.1) is 0 Å². The third kappa shape index (κ3) is 1.20. The van der Waals surface area contributed by atoms with Gasteiger partial charge in [0.15, 0.2) is 11.4 Å². The molecule has 2 aromatic rings. The lowest BCUT2D eigenvalue weighted by Crippen LogP contribution is -1.89. The number of oxazole rings is 1. The van der Waals surface area contributed by atoms with Crippen molar-refractivity contribution in [1.82, 2.24) is 4.98 Å². The summed E-state index contributed by atoms with van der Waals surface area (Å²) in [7, 11) is 0. The highest BCUT2D eigenvalue weighted by atomic mass is 19.1. The highest BCUT2D eigenvalue weighted by Gasteiger charge is 2.11. The Hall–Kier alpha value is -1.71. The number of halogens is 1. The molecule has 0 radical (unpaired) electrons. The van der Waals surface area contributed by atoms with E-state index < -0.39 is 5.82 Å². The lowest BCUT2D eigenvalue weighted by molar-refractivity contribution is 0.0982. The number of ketones is 1. The van der Waals surface area contributed by atoms with Crippen LogP contribution in [-0.4, -0.2) is 10.8 Å². The number of Topliss-reactive ketones (excluding diaryl/α,β-unsaturated/α-hetero) is 1. The van der Waals surface area contributed by atoms with E-state index in [0.29, 0.717) is 5.52 Å². The zero-order chi connectivity index (χ0) is 9.42. The predicted molar refractivity (Wildman–Crippen MR) is 44.0 cm³/mol. The number of nitrogens with zero attached hydrogens (tertiary/aromatic N) is 1. The Morgan fingerprint density at radius 2 is 2.31 bits per heavy atom. The molecule has 3 nitrogen and oxygen atoms in total. The fraction of sp³-hybridized carbons (Fsp3) is 0.111. The van der Waals surface area contributed by atoms with Gasteiger partial charge in [-0.25, -0.2) is 9.37 Å². The summed E-state index contributed by atoms with van der Waals surface area (Å²) < 4.78 is 17.9. The Bertz CT molecular complexity index is 475. The van der Waals surface area contributed by atoms with E-state index in [1.54, 1.807) is 6.07 Å². The van der Waals surface area contributed by atoms with Crippen molar-refractivity contribution >= 4 is 16.9 Å². The van der Waals surface area contributed by atoms with Crippen LogP contribution in [0, 0.1) is 5.82 Å². The van der Waals surface area contributed by atoms with Gasteiger partial charge in [-0.05, 0) is 12.1 Å². The van der Waals surface area contributed by atoms with Crippen molar-refractivity contribution in [2.75, 3.05) is 0 Å². The Balaban J connectivity index is 2.75. The minimum absolute atomic E-state index is 0.0349. The smallest absolute Gasteiger partial charge is 0.264 e. The Kier molecular flexibility index (Phi) is 1.62. The molecule has 0 bridgehead atoms. The van der Waals surface area contributed by atoms with Crippen LogP contribution < -0.4 is 0 Å². The molecule has 0 saturated carbocycles. The third-order valence-corrected chi connectivity index (χ3v) is 1.67. The Morgan fingerprint density at radius 3 is 2.92 bits per heavy atom. The predicted octanol–water partition coefficient (Wildman–Crippen LogP) is 2.17. The summed E-state index contributed by atoms with van der Waals surface area (Å²) in [6.45, 7) is 1.32. The van der Waals surface area contributed by atoms with Gasteiger partial charge in [0.1, 0.15) is 5.52 Å². The first-order valence-electron chi connectivity index (χ1n) is 3.74. The van der Waals surface area contributed by atoms with Crippen LogP contribution in [0.2, 0.25) is 0 Å². The molecule has 1 aromatic carbocycles. The van der Waals surface area contributed by atoms with Gasteiger partial charge < -0.3 is 4.42 Å². The monoisotopic (exact) mass is 179 g/mol. The zero-order valence-corrected chi connectivity index (χ0v) is 6.87. The number of para-hydroxylation sites is 1. The molecule has 1 heterocycles. The average molecular weight is 179 g/mol. The number of aromatic nitrogens is 1. The molecular formula is C9H6FNO2. The summed E-state index contributed by atoms with van der Waals surface area (Å²) in [5.41, 5.74) is 0.401. The average Bonchev–Trinajstić information content (AvgIpc) is 2.49. The number of carbonyl (C=O) groups excluding carboxylic acids is 1. The standard InChI is InChI=1S/C9H6FNO2/c1-5(12)9-11-7-4-2-3-6(10)8(7)13-9/h2-4H,1H3. The Morgan fingerprint density at radius 1 is 1.54 bits per heavy atom. The summed E-state index contributed by atoms with van der Waals surface area (Å²) >= 11 is 0. The van der Waals surface area contributed by atoms with Crippen LogP contribution in [0.15, 0.2) is 22.6 Å². The molecule has 0 aliphatic heterocycles. The molecule has 0 fully saturated rings. The number of rotatable bonds is 1. The maximum absolute atomic E-state index is 13.0. The van der Waals surface area contributed by atoms with E-state index in [0.717, 1.165) is 0 Å². The van der Waals surface area contributed by atoms with E-state index in [2.05, 4.69) is 4.98 Å². The van der Waals surface area contributed by atoms with E-state index in [1.807, 2.05) is 0 Å². The molecule has 66 valence electrons. The topological polar surface area (TPSA) is 43.1 Å². The molecule has 2 rings (SSSR count). The van der Waals surface area contributed by atoms with Gasteiger partial charge in [0.2, 0.25) is 5.78 Å². The number of hydrogen-bond donors (Lipinski definition) is 0. The molecule has 1 aromatic heterocycles. The van der Waals surface area contributed by atoms with Gasteiger partial charge >= 0.3 is 0 Å². The first kappa shape index (κ1) is 7.91. The van der Waals surface area contributed by atoms with Crippen molar-refractivity contribution in [2.45, 2.75) is 6.92 Å². The molecule has 0 aliphatic carbocycles. The summed E-state index contributed by atoms with van der Waals surface area (Å²) in [6, 6.07) is 4.37. The first-order valence-corrected chi connectivity index (χ1v) is 3.74. The minimum atomic E-state index is -0.502. The molecule has 0 unspecified atom stereocenters. The maximum Gasteiger partial charge on any atom is 0.264 e. The van der Waals surface area contributed by atoms with Crippen molar-refractivity contribution in [3.05, 3.63) is 29.9 Å². The second kappa shape index (κ2) is 2.65. The summed E-state index contributed by atoms with van der Waals surface area (Å²) in [5.74, 6) is -0.867. The highest BCUT2D eigenvalue weighted by Crippen LogP contribution is 2.18. The number of benzene rings is 1. The third-order valence-electron chi connectivity index (χ3n) is 1.67.